The number of benzene rings is 1. The van der Waals surface area contributed by atoms with Crippen molar-refractivity contribution in [2.75, 3.05) is 32.8 Å². The van der Waals surface area contributed by atoms with E-state index in [0.717, 1.165) is 31.7 Å². The van der Waals surface area contributed by atoms with E-state index >= 15 is 0 Å². The number of morpholine rings is 2. The Morgan fingerprint density at radius 1 is 1.24 bits per heavy atom. The molecule has 1 aromatic rings. The van der Waals surface area contributed by atoms with Gasteiger partial charge in [-0.05, 0) is 25.0 Å². The molecule has 0 unspecified atom stereocenters. The molecular weight excluding hydrogens is 318 g/mol. The van der Waals surface area contributed by atoms with Crippen LogP contribution in [0.2, 0.25) is 0 Å². The lowest BCUT2D eigenvalue weighted by atomic mass is 10.1. The van der Waals surface area contributed by atoms with E-state index in [-0.39, 0.29) is 24.2 Å². The summed E-state index contributed by atoms with van der Waals surface area (Å²) in [5.41, 5.74) is 2.42. The molecule has 0 radical (unpaired) electrons. The van der Waals surface area contributed by atoms with E-state index in [0.29, 0.717) is 19.7 Å². The number of hydrogen-bond acceptors (Lipinski definition) is 5. The zero-order valence-electron chi connectivity index (χ0n) is 15.2. The van der Waals surface area contributed by atoms with Gasteiger partial charge < -0.3 is 20.1 Å². The van der Waals surface area contributed by atoms with Crippen LogP contribution < -0.4 is 10.6 Å². The minimum atomic E-state index is -0.387. The summed E-state index contributed by atoms with van der Waals surface area (Å²) in [4.78, 5) is 14.7. The third-order valence-electron chi connectivity index (χ3n) is 4.68. The number of nitrogens with one attached hydrogen (secondary N) is 2. The maximum atomic E-state index is 12.3. The third-order valence-corrected chi connectivity index (χ3v) is 4.68. The Kier molecular flexibility index (Phi) is 6.42. The molecule has 6 nitrogen and oxygen atoms in total. The van der Waals surface area contributed by atoms with Crippen LogP contribution in [0.1, 0.15) is 25.0 Å². The number of hydrogen-bond donors (Lipinski definition) is 2. The molecule has 2 aliphatic rings. The van der Waals surface area contributed by atoms with Crippen molar-refractivity contribution in [3.63, 3.8) is 0 Å². The van der Waals surface area contributed by atoms with Crippen LogP contribution in [0.4, 0.5) is 0 Å². The lowest BCUT2D eigenvalue weighted by molar-refractivity contribution is -0.134. The molecule has 0 aliphatic carbocycles. The molecular formula is C19H29N3O3. The van der Waals surface area contributed by atoms with Crippen LogP contribution in [-0.2, 0) is 27.4 Å². The fourth-order valence-electron chi connectivity index (χ4n) is 3.57. The van der Waals surface area contributed by atoms with Crippen LogP contribution in [0, 0.1) is 0 Å². The zero-order chi connectivity index (χ0) is 17.6. The van der Waals surface area contributed by atoms with Gasteiger partial charge in [-0.25, -0.2) is 0 Å². The van der Waals surface area contributed by atoms with Crippen molar-refractivity contribution < 1.29 is 14.3 Å². The minimum absolute atomic E-state index is 0.0457. The minimum Gasteiger partial charge on any atom is -0.373 e. The van der Waals surface area contributed by atoms with Crippen molar-refractivity contribution in [3.8, 4) is 0 Å². The van der Waals surface area contributed by atoms with Crippen molar-refractivity contribution in [1.82, 2.24) is 15.5 Å². The molecule has 3 rings (SSSR count). The van der Waals surface area contributed by atoms with Gasteiger partial charge in [-0.2, -0.15) is 0 Å². The molecule has 3 atom stereocenters. The summed E-state index contributed by atoms with van der Waals surface area (Å²) in [7, 11) is 0. The lowest BCUT2D eigenvalue weighted by Crippen LogP contribution is -2.47. The van der Waals surface area contributed by atoms with Crippen LogP contribution in [0.25, 0.3) is 0 Å². The highest BCUT2D eigenvalue weighted by atomic mass is 16.5. The fraction of sp³-hybridized carbons (Fsp3) is 0.632. The molecule has 1 aromatic carbocycles. The smallest absolute Gasteiger partial charge is 0.250 e. The lowest BCUT2D eigenvalue weighted by Gasteiger charge is -2.35. The summed E-state index contributed by atoms with van der Waals surface area (Å²) < 4.78 is 11.3. The van der Waals surface area contributed by atoms with E-state index < -0.39 is 0 Å². The number of rotatable bonds is 5. The molecule has 1 amide bonds. The highest BCUT2D eigenvalue weighted by molar-refractivity contribution is 5.81. The number of carbonyl (C=O) groups excluding carboxylic acids is 1. The van der Waals surface area contributed by atoms with Crippen LogP contribution in [0.5, 0.6) is 0 Å². The van der Waals surface area contributed by atoms with Crippen molar-refractivity contribution in [3.05, 3.63) is 35.4 Å². The predicted molar refractivity (Wildman–Crippen MR) is 96.2 cm³/mol. The van der Waals surface area contributed by atoms with Crippen LogP contribution in [0.3, 0.4) is 0 Å². The van der Waals surface area contributed by atoms with Crippen molar-refractivity contribution in [2.45, 2.75) is 45.2 Å². The maximum absolute atomic E-state index is 12.3. The van der Waals surface area contributed by atoms with Gasteiger partial charge in [0.2, 0.25) is 0 Å². The van der Waals surface area contributed by atoms with Gasteiger partial charge in [-0.1, -0.05) is 24.3 Å². The van der Waals surface area contributed by atoms with E-state index in [1.165, 1.54) is 5.56 Å². The number of ether oxygens (including phenoxy) is 2. The van der Waals surface area contributed by atoms with Gasteiger partial charge in [-0.3, -0.25) is 9.69 Å². The molecule has 6 heteroatoms. The average molecular weight is 347 g/mol. The van der Waals surface area contributed by atoms with Crippen molar-refractivity contribution >= 4 is 5.91 Å². The second kappa shape index (κ2) is 8.76. The van der Waals surface area contributed by atoms with Crippen LogP contribution in [0.15, 0.2) is 24.3 Å². The first kappa shape index (κ1) is 18.3. The summed E-state index contributed by atoms with van der Waals surface area (Å²) >= 11 is 0. The van der Waals surface area contributed by atoms with E-state index in [1.807, 2.05) is 6.07 Å². The molecule has 0 spiro atoms. The topological polar surface area (TPSA) is 62.8 Å². The summed E-state index contributed by atoms with van der Waals surface area (Å²) in [6, 6.07) is 8.31. The quantitative estimate of drug-likeness (QED) is 0.829. The first-order valence-electron chi connectivity index (χ1n) is 9.16. The highest BCUT2D eigenvalue weighted by Crippen LogP contribution is 2.17. The molecule has 2 aliphatic heterocycles. The molecule has 25 heavy (non-hydrogen) atoms. The van der Waals surface area contributed by atoms with Crippen molar-refractivity contribution in [2.24, 2.45) is 0 Å². The fourth-order valence-corrected chi connectivity index (χ4v) is 3.57. The first-order chi connectivity index (χ1) is 12.1. The van der Waals surface area contributed by atoms with Gasteiger partial charge in [0.25, 0.3) is 5.91 Å². The molecule has 0 aromatic heterocycles. The number of carbonyl (C=O) groups is 1. The standard InChI is InChI=1S/C19H29N3O3/c1-14-11-22(12-15(2)25-14)13-17-6-4-3-5-16(17)9-21-19(23)18-10-20-7-8-24-18/h3-6,14-15,18,20H,7-13H2,1-2H3,(H,21,23)/t14-,15-,18-/m1/s1. The Hall–Kier alpha value is -1.47. The van der Waals surface area contributed by atoms with E-state index in [1.54, 1.807) is 0 Å². The van der Waals surface area contributed by atoms with E-state index in [2.05, 4.69) is 47.6 Å². The predicted octanol–water partition coefficient (Wildman–Crippen LogP) is 0.900. The second-order valence-electron chi connectivity index (χ2n) is 7.00. The Morgan fingerprint density at radius 2 is 1.96 bits per heavy atom. The van der Waals surface area contributed by atoms with Gasteiger partial charge in [0.05, 0.1) is 18.8 Å². The van der Waals surface area contributed by atoms with Gasteiger partial charge in [0.15, 0.2) is 0 Å². The van der Waals surface area contributed by atoms with Crippen LogP contribution in [-0.4, -0.2) is 61.9 Å². The summed E-state index contributed by atoms with van der Waals surface area (Å²) in [5.74, 6) is -0.0457. The van der Waals surface area contributed by atoms with Gasteiger partial charge in [-0.15, -0.1) is 0 Å². The maximum Gasteiger partial charge on any atom is 0.250 e. The Morgan fingerprint density at radius 3 is 2.64 bits per heavy atom. The normalized spacial score (nSPS) is 27.8. The van der Waals surface area contributed by atoms with Gasteiger partial charge in [0, 0.05) is 39.3 Å². The van der Waals surface area contributed by atoms with E-state index in [4.69, 9.17) is 9.47 Å². The van der Waals surface area contributed by atoms with Gasteiger partial charge in [0.1, 0.15) is 6.10 Å². The molecule has 2 saturated heterocycles. The van der Waals surface area contributed by atoms with Crippen LogP contribution >= 0.6 is 0 Å². The third kappa shape index (κ3) is 5.25. The Labute approximate surface area is 149 Å². The highest BCUT2D eigenvalue weighted by Gasteiger charge is 2.24. The average Bonchev–Trinajstić information content (AvgIpc) is 2.60. The summed E-state index contributed by atoms with van der Waals surface area (Å²) in [5, 5.41) is 6.20. The number of amides is 1. The second-order valence-corrected chi connectivity index (χ2v) is 7.00. The molecule has 2 N–H and O–H groups in total. The monoisotopic (exact) mass is 347 g/mol. The molecule has 2 heterocycles. The molecule has 0 saturated carbocycles. The van der Waals surface area contributed by atoms with Crippen molar-refractivity contribution in [1.29, 1.82) is 0 Å². The molecule has 138 valence electrons. The first-order valence-corrected chi connectivity index (χ1v) is 9.16. The Balaban J connectivity index is 1.57. The summed E-state index contributed by atoms with van der Waals surface area (Å²) in [6.07, 6.45) is 0.125. The van der Waals surface area contributed by atoms with E-state index in [9.17, 15) is 4.79 Å². The summed E-state index contributed by atoms with van der Waals surface area (Å²) in [6.45, 7) is 9.50. The number of nitrogens with zero attached hydrogens (tertiary/aromatic N) is 1. The zero-order valence-corrected chi connectivity index (χ0v) is 15.2. The molecule has 0 bridgehead atoms. The Bertz CT molecular complexity index is 565. The largest absolute Gasteiger partial charge is 0.373 e. The SMILES string of the molecule is C[C@@H]1CN(Cc2ccccc2CNC(=O)[C@H]2CNCCO2)C[C@@H](C)O1. The molecule has 2 fully saturated rings. The van der Waals surface area contributed by atoms with Gasteiger partial charge >= 0.3 is 0 Å².